The Labute approximate surface area is 189 Å². The highest BCUT2D eigenvalue weighted by Gasteiger charge is 2.55. The molecule has 0 spiro atoms. The number of carbonyl (C=O) groups excluding carboxylic acids is 2. The van der Waals surface area contributed by atoms with Crippen molar-refractivity contribution in [3.05, 3.63) is 54.9 Å². The summed E-state index contributed by atoms with van der Waals surface area (Å²) in [6.07, 6.45) is -11.8. The number of ketones is 1. The lowest BCUT2D eigenvalue weighted by atomic mass is 9.91. The van der Waals surface area contributed by atoms with E-state index in [1.807, 2.05) is 0 Å². The summed E-state index contributed by atoms with van der Waals surface area (Å²) in [5.74, 6) is -4.02. The van der Waals surface area contributed by atoms with Gasteiger partial charge in [0, 0.05) is 6.42 Å². The van der Waals surface area contributed by atoms with E-state index in [9.17, 15) is 40.3 Å². The van der Waals surface area contributed by atoms with Crippen LogP contribution in [0.2, 0.25) is 10.0 Å². The van der Waals surface area contributed by atoms with Crippen molar-refractivity contribution in [2.75, 3.05) is 7.11 Å². The minimum atomic E-state index is -5.23. The van der Waals surface area contributed by atoms with E-state index in [1.54, 1.807) is 0 Å². The topological polar surface area (TPSA) is 43.4 Å². The number of ether oxygens (including phenoxy) is 1. The molecule has 0 aliphatic heterocycles. The predicted molar refractivity (Wildman–Crippen MR) is 103 cm³/mol. The number of thiophene rings is 1. The SMILES string of the molecule is COC(=O)c1sc(C(=O)CC(S)(c2cc(Cl)c(F)c(Cl)c2)C(F)(F)F)cc1C(F)(F)F. The van der Waals surface area contributed by atoms with Gasteiger partial charge in [0.15, 0.2) is 11.6 Å². The number of thiol groups is 1. The molecular formula is C17H9Cl2F7O3S2. The van der Waals surface area contributed by atoms with Gasteiger partial charge in [-0.1, -0.05) is 23.2 Å². The average molecular weight is 529 g/mol. The number of Topliss-reactive ketones (excluding diaryl/α,β-unsaturated/α-hetero) is 1. The Bertz CT molecular complexity index is 1010. The third-order valence-electron chi connectivity index (χ3n) is 4.03. The van der Waals surface area contributed by atoms with Crippen molar-refractivity contribution >= 4 is 58.9 Å². The van der Waals surface area contributed by atoms with Crippen LogP contribution >= 0.6 is 47.2 Å². The van der Waals surface area contributed by atoms with Gasteiger partial charge in [-0.15, -0.1) is 11.3 Å². The first-order valence-electron chi connectivity index (χ1n) is 7.79. The number of alkyl halides is 6. The molecular weight excluding hydrogens is 520 g/mol. The Morgan fingerprint density at radius 1 is 1.06 bits per heavy atom. The Morgan fingerprint density at radius 2 is 1.58 bits per heavy atom. The molecule has 0 saturated heterocycles. The van der Waals surface area contributed by atoms with Crippen molar-refractivity contribution in [3.8, 4) is 0 Å². The zero-order valence-corrected chi connectivity index (χ0v) is 18.1. The van der Waals surface area contributed by atoms with Crippen LogP contribution in [0, 0.1) is 5.82 Å². The average Bonchev–Trinajstić information content (AvgIpc) is 3.10. The maximum atomic E-state index is 13.8. The second-order valence-electron chi connectivity index (χ2n) is 6.05. The number of carbonyl (C=O) groups is 2. The number of esters is 1. The van der Waals surface area contributed by atoms with Gasteiger partial charge >= 0.3 is 18.3 Å². The molecule has 0 saturated carbocycles. The zero-order valence-electron chi connectivity index (χ0n) is 14.9. The minimum absolute atomic E-state index is 0.0249. The van der Waals surface area contributed by atoms with E-state index in [0.29, 0.717) is 12.1 Å². The molecule has 0 fully saturated rings. The molecule has 3 nitrogen and oxygen atoms in total. The maximum absolute atomic E-state index is 13.8. The maximum Gasteiger partial charge on any atom is 0.418 e. The molecule has 0 N–H and O–H groups in total. The van der Waals surface area contributed by atoms with Crippen LogP contribution in [0.3, 0.4) is 0 Å². The zero-order chi connectivity index (χ0) is 23.9. The summed E-state index contributed by atoms with van der Waals surface area (Å²) in [5, 5.41) is -1.55. The van der Waals surface area contributed by atoms with Crippen LogP contribution in [0.4, 0.5) is 30.7 Å². The molecule has 0 radical (unpaired) electrons. The molecule has 0 amide bonds. The van der Waals surface area contributed by atoms with Gasteiger partial charge < -0.3 is 4.74 Å². The van der Waals surface area contributed by atoms with Gasteiger partial charge in [0.2, 0.25) is 0 Å². The summed E-state index contributed by atoms with van der Waals surface area (Å²) in [7, 11) is 0.800. The molecule has 1 heterocycles. The third kappa shape index (κ3) is 5.12. The first-order chi connectivity index (χ1) is 14.0. The summed E-state index contributed by atoms with van der Waals surface area (Å²) < 4.78 is 95.5. The van der Waals surface area contributed by atoms with Gasteiger partial charge in [0.25, 0.3) is 0 Å². The molecule has 1 aromatic heterocycles. The molecule has 170 valence electrons. The molecule has 14 heteroatoms. The standard InChI is InChI=1S/C17H9Cl2F7O3S2/c1-29-14(28)13-7(16(21,22)23)4-11(31-13)10(27)5-15(30,17(24,25)26)6-2-8(18)12(20)9(19)3-6/h2-4,30H,5H2,1H3. The second kappa shape index (κ2) is 8.80. The lowest BCUT2D eigenvalue weighted by molar-refractivity contribution is -0.160. The summed E-state index contributed by atoms with van der Waals surface area (Å²) in [4.78, 5) is 22.3. The van der Waals surface area contributed by atoms with Crippen molar-refractivity contribution in [3.63, 3.8) is 0 Å². The van der Waals surface area contributed by atoms with Gasteiger partial charge in [0.05, 0.1) is 27.6 Å². The van der Waals surface area contributed by atoms with Crippen molar-refractivity contribution in [1.29, 1.82) is 0 Å². The summed E-state index contributed by atoms with van der Waals surface area (Å²) in [5.41, 5.74) is -2.33. The minimum Gasteiger partial charge on any atom is -0.465 e. The summed E-state index contributed by atoms with van der Waals surface area (Å²) in [6.45, 7) is 0. The highest BCUT2D eigenvalue weighted by molar-refractivity contribution is 7.81. The lowest BCUT2D eigenvalue weighted by Gasteiger charge is -2.31. The Hall–Kier alpha value is -1.50. The van der Waals surface area contributed by atoms with Crippen LogP contribution in [0.1, 0.15) is 36.9 Å². The van der Waals surface area contributed by atoms with Gasteiger partial charge in [-0.3, -0.25) is 4.79 Å². The quantitative estimate of drug-likeness (QED) is 0.150. The van der Waals surface area contributed by atoms with E-state index in [0.717, 1.165) is 7.11 Å². The summed E-state index contributed by atoms with van der Waals surface area (Å²) >= 11 is 14.7. The number of methoxy groups -OCH3 is 1. The fourth-order valence-corrected chi connectivity index (χ4v) is 4.26. The summed E-state index contributed by atoms with van der Waals surface area (Å²) in [6, 6.07) is 1.38. The van der Waals surface area contributed by atoms with Gasteiger partial charge in [-0.05, 0) is 23.8 Å². The number of halogens is 9. The first kappa shape index (κ1) is 25.8. The number of hydrogen-bond acceptors (Lipinski definition) is 5. The molecule has 1 unspecified atom stereocenters. The van der Waals surface area contributed by atoms with E-state index in [4.69, 9.17) is 23.2 Å². The molecule has 1 aromatic carbocycles. The highest BCUT2D eigenvalue weighted by atomic mass is 35.5. The molecule has 1 atom stereocenters. The van der Waals surface area contributed by atoms with Crippen molar-refractivity contribution in [2.45, 2.75) is 23.5 Å². The second-order valence-corrected chi connectivity index (χ2v) is 8.68. The fourth-order valence-electron chi connectivity index (χ4n) is 2.46. The highest BCUT2D eigenvalue weighted by Crippen LogP contribution is 2.49. The van der Waals surface area contributed by atoms with Gasteiger partial charge in [-0.2, -0.15) is 39.0 Å². The Morgan fingerprint density at radius 3 is 2.00 bits per heavy atom. The van der Waals surface area contributed by atoms with E-state index in [-0.39, 0.29) is 17.4 Å². The monoisotopic (exact) mass is 528 g/mol. The van der Waals surface area contributed by atoms with E-state index >= 15 is 0 Å². The Kier molecular flexibility index (Phi) is 7.31. The van der Waals surface area contributed by atoms with Crippen LogP contribution in [-0.4, -0.2) is 25.0 Å². The number of rotatable bonds is 5. The predicted octanol–water partition coefficient (Wildman–Crippen LogP) is 6.96. The van der Waals surface area contributed by atoms with Crippen LogP contribution in [0.15, 0.2) is 18.2 Å². The van der Waals surface area contributed by atoms with E-state index in [1.165, 1.54) is 0 Å². The normalized spacial score (nSPS) is 14.3. The van der Waals surface area contributed by atoms with Gasteiger partial charge in [-0.25, -0.2) is 9.18 Å². The Balaban J connectivity index is 2.57. The molecule has 2 aromatic rings. The van der Waals surface area contributed by atoms with E-state index in [2.05, 4.69) is 17.4 Å². The van der Waals surface area contributed by atoms with Crippen LogP contribution in [-0.2, 0) is 15.7 Å². The van der Waals surface area contributed by atoms with Gasteiger partial charge in [0.1, 0.15) is 9.62 Å². The van der Waals surface area contributed by atoms with Crippen molar-refractivity contribution < 1.29 is 45.1 Å². The molecule has 0 aliphatic rings. The number of hydrogen-bond donors (Lipinski definition) is 1. The molecule has 0 aliphatic carbocycles. The molecule has 2 rings (SSSR count). The van der Waals surface area contributed by atoms with Crippen LogP contribution < -0.4 is 0 Å². The third-order valence-corrected chi connectivity index (χ3v) is 6.41. The van der Waals surface area contributed by atoms with Crippen LogP contribution in [0.5, 0.6) is 0 Å². The molecule has 0 bridgehead atoms. The van der Waals surface area contributed by atoms with Crippen LogP contribution in [0.25, 0.3) is 0 Å². The number of benzene rings is 1. The van der Waals surface area contributed by atoms with Crippen molar-refractivity contribution in [2.24, 2.45) is 0 Å². The fraction of sp³-hybridized carbons (Fsp3) is 0.294. The molecule has 31 heavy (non-hydrogen) atoms. The first-order valence-corrected chi connectivity index (χ1v) is 9.81. The van der Waals surface area contributed by atoms with Crippen molar-refractivity contribution in [1.82, 2.24) is 0 Å². The largest absolute Gasteiger partial charge is 0.465 e. The smallest absolute Gasteiger partial charge is 0.418 e. The van der Waals surface area contributed by atoms with E-state index < -0.39 is 72.0 Å². The lowest BCUT2D eigenvalue weighted by Crippen LogP contribution is -2.39.